The minimum absolute atomic E-state index is 0.200. The molecule has 1 unspecified atom stereocenters. The van der Waals surface area contributed by atoms with Crippen LogP contribution < -0.4 is 3.07 Å². The SMILES string of the molecule is CCCCC(C)(CC)C(=O)c1ccccc1OI. The summed E-state index contributed by atoms with van der Waals surface area (Å²) in [6.45, 7) is 6.30. The third kappa shape index (κ3) is 3.46. The summed E-state index contributed by atoms with van der Waals surface area (Å²) < 4.78 is 5.26. The predicted molar refractivity (Wildman–Crippen MR) is 83.3 cm³/mol. The van der Waals surface area contributed by atoms with Gasteiger partial charge in [-0.15, -0.1) is 0 Å². The smallest absolute Gasteiger partial charge is 0.192 e. The minimum Gasteiger partial charge on any atom is -0.427 e. The number of ketones is 1. The van der Waals surface area contributed by atoms with Gasteiger partial charge >= 0.3 is 0 Å². The van der Waals surface area contributed by atoms with Crippen molar-refractivity contribution in [2.24, 2.45) is 5.41 Å². The number of hydrogen-bond acceptors (Lipinski definition) is 2. The van der Waals surface area contributed by atoms with Crippen LogP contribution >= 0.6 is 23.0 Å². The van der Waals surface area contributed by atoms with Crippen LogP contribution in [0.5, 0.6) is 5.75 Å². The maximum Gasteiger partial charge on any atom is 0.192 e. The molecule has 0 aliphatic carbocycles. The number of benzene rings is 1. The van der Waals surface area contributed by atoms with Crippen LogP contribution in [0.3, 0.4) is 0 Å². The summed E-state index contributed by atoms with van der Waals surface area (Å²) in [5.74, 6) is 0.866. The molecule has 1 aromatic carbocycles. The molecule has 0 fully saturated rings. The fourth-order valence-corrected chi connectivity index (χ4v) is 2.45. The Kier molecular flexibility index (Phi) is 6.12. The van der Waals surface area contributed by atoms with Gasteiger partial charge in [-0.3, -0.25) is 4.79 Å². The normalized spacial score (nSPS) is 14.0. The van der Waals surface area contributed by atoms with Crippen molar-refractivity contribution in [1.82, 2.24) is 0 Å². The third-order valence-electron chi connectivity index (χ3n) is 3.63. The standard InChI is InChI=1S/C15H21IO2/c1-4-6-11-15(3,5-2)14(17)12-9-7-8-10-13(12)18-16/h7-10H,4-6,11H2,1-3H3. The molecule has 0 bridgehead atoms. The summed E-state index contributed by atoms with van der Waals surface area (Å²) in [5, 5.41) is 0. The topological polar surface area (TPSA) is 26.3 Å². The van der Waals surface area contributed by atoms with Crippen LogP contribution in [0, 0.1) is 5.41 Å². The first-order valence-electron chi connectivity index (χ1n) is 6.51. The Balaban J connectivity index is 3.03. The van der Waals surface area contributed by atoms with Crippen LogP contribution in [-0.4, -0.2) is 5.78 Å². The molecule has 0 spiro atoms. The summed E-state index contributed by atoms with van der Waals surface area (Å²) in [4.78, 5) is 12.7. The highest BCUT2D eigenvalue weighted by atomic mass is 127. The lowest BCUT2D eigenvalue weighted by Crippen LogP contribution is -2.27. The monoisotopic (exact) mass is 360 g/mol. The molecule has 0 aliphatic rings. The van der Waals surface area contributed by atoms with E-state index >= 15 is 0 Å². The molecule has 100 valence electrons. The quantitative estimate of drug-likeness (QED) is 0.493. The van der Waals surface area contributed by atoms with Crippen molar-refractivity contribution < 1.29 is 7.86 Å². The van der Waals surface area contributed by atoms with Crippen molar-refractivity contribution in [2.45, 2.75) is 46.5 Å². The number of carbonyl (C=O) groups excluding carboxylic acids is 1. The number of rotatable bonds is 7. The van der Waals surface area contributed by atoms with Crippen molar-refractivity contribution in [3.05, 3.63) is 29.8 Å². The van der Waals surface area contributed by atoms with Crippen molar-refractivity contribution in [3.8, 4) is 5.75 Å². The van der Waals surface area contributed by atoms with E-state index in [1.54, 1.807) is 0 Å². The highest BCUT2D eigenvalue weighted by Gasteiger charge is 2.32. The number of halogens is 1. The second-order valence-corrected chi connectivity index (χ2v) is 5.36. The third-order valence-corrected chi connectivity index (χ3v) is 4.10. The van der Waals surface area contributed by atoms with Gasteiger partial charge in [-0.25, -0.2) is 0 Å². The Bertz CT molecular complexity index is 403. The Morgan fingerprint density at radius 2 is 2.00 bits per heavy atom. The van der Waals surface area contributed by atoms with E-state index in [9.17, 15) is 4.79 Å². The first kappa shape index (κ1) is 15.5. The van der Waals surface area contributed by atoms with Crippen LogP contribution in [0.15, 0.2) is 24.3 Å². The molecular weight excluding hydrogens is 339 g/mol. The Morgan fingerprint density at radius 1 is 1.33 bits per heavy atom. The van der Waals surface area contributed by atoms with Crippen molar-refractivity contribution in [2.75, 3.05) is 0 Å². The van der Waals surface area contributed by atoms with E-state index in [4.69, 9.17) is 3.07 Å². The summed E-state index contributed by atoms with van der Waals surface area (Å²) in [6.07, 6.45) is 4.01. The second-order valence-electron chi connectivity index (χ2n) is 4.92. The summed E-state index contributed by atoms with van der Waals surface area (Å²) in [5.41, 5.74) is 0.425. The highest BCUT2D eigenvalue weighted by Crippen LogP contribution is 2.35. The van der Waals surface area contributed by atoms with Crippen LogP contribution in [0.2, 0.25) is 0 Å². The zero-order chi connectivity index (χ0) is 13.6. The first-order valence-corrected chi connectivity index (χ1v) is 7.39. The molecule has 0 saturated carbocycles. The van der Waals surface area contributed by atoms with E-state index in [-0.39, 0.29) is 11.2 Å². The fourth-order valence-electron chi connectivity index (χ4n) is 2.06. The largest absolute Gasteiger partial charge is 0.427 e. The van der Waals surface area contributed by atoms with Gasteiger partial charge in [-0.1, -0.05) is 45.7 Å². The molecule has 0 N–H and O–H groups in total. The zero-order valence-corrected chi connectivity index (χ0v) is 13.5. The minimum atomic E-state index is -0.277. The Hall–Kier alpha value is -0.580. The lowest BCUT2D eigenvalue weighted by molar-refractivity contribution is 0.0790. The van der Waals surface area contributed by atoms with Gasteiger partial charge in [0.2, 0.25) is 0 Å². The summed E-state index contributed by atoms with van der Waals surface area (Å²) in [7, 11) is 0. The lowest BCUT2D eigenvalue weighted by atomic mass is 9.76. The Labute approximate surface area is 124 Å². The van der Waals surface area contributed by atoms with E-state index in [2.05, 4.69) is 20.8 Å². The number of hydrogen-bond donors (Lipinski definition) is 0. The van der Waals surface area contributed by atoms with E-state index in [0.29, 0.717) is 11.3 Å². The molecule has 0 saturated heterocycles. The van der Waals surface area contributed by atoms with E-state index in [0.717, 1.165) is 25.7 Å². The van der Waals surface area contributed by atoms with Gasteiger partial charge in [0, 0.05) is 5.41 Å². The lowest BCUT2D eigenvalue weighted by Gasteiger charge is -2.27. The predicted octanol–water partition coefficient (Wildman–Crippen LogP) is 5.20. The molecule has 0 heterocycles. The van der Waals surface area contributed by atoms with Gasteiger partial charge in [0.15, 0.2) is 28.8 Å². The average Bonchev–Trinajstić information content (AvgIpc) is 2.43. The van der Waals surface area contributed by atoms with Crippen molar-refractivity contribution in [3.63, 3.8) is 0 Å². The highest BCUT2D eigenvalue weighted by molar-refractivity contribution is 14.1. The molecule has 1 rings (SSSR count). The van der Waals surface area contributed by atoms with Crippen molar-refractivity contribution >= 4 is 28.8 Å². The van der Waals surface area contributed by atoms with E-state index < -0.39 is 0 Å². The molecule has 0 aromatic heterocycles. The number of carbonyl (C=O) groups is 1. The molecule has 0 radical (unpaired) electrons. The number of unbranched alkanes of at least 4 members (excludes halogenated alkanes) is 1. The Morgan fingerprint density at radius 3 is 2.56 bits per heavy atom. The number of Topliss-reactive ketones (excluding diaryl/α,β-unsaturated/α-hetero) is 1. The van der Waals surface area contributed by atoms with Gasteiger partial charge in [0.1, 0.15) is 5.75 Å². The zero-order valence-electron chi connectivity index (χ0n) is 11.3. The fraction of sp³-hybridized carbons (Fsp3) is 0.533. The van der Waals surface area contributed by atoms with Gasteiger partial charge in [0.05, 0.1) is 5.56 Å². The summed E-state index contributed by atoms with van der Waals surface area (Å²) >= 11 is 1.83. The van der Waals surface area contributed by atoms with E-state index in [1.165, 1.54) is 0 Å². The first-order chi connectivity index (χ1) is 8.59. The van der Waals surface area contributed by atoms with Gasteiger partial charge in [-0.2, -0.15) is 0 Å². The second kappa shape index (κ2) is 7.12. The molecule has 18 heavy (non-hydrogen) atoms. The maximum absolute atomic E-state index is 12.7. The molecule has 0 amide bonds. The molecule has 1 atom stereocenters. The van der Waals surface area contributed by atoms with Crippen LogP contribution in [0.1, 0.15) is 56.8 Å². The van der Waals surface area contributed by atoms with Crippen LogP contribution in [0.4, 0.5) is 0 Å². The molecule has 0 aliphatic heterocycles. The van der Waals surface area contributed by atoms with Gasteiger partial charge in [-0.05, 0) is 25.0 Å². The average molecular weight is 360 g/mol. The number of para-hydroxylation sites is 1. The van der Waals surface area contributed by atoms with Gasteiger partial charge < -0.3 is 3.07 Å². The maximum atomic E-state index is 12.7. The molecule has 3 heteroatoms. The van der Waals surface area contributed by atoms with Crippen LogP contribution in [-0.2, 0) is 0 Å². The van der Waals surface area contributed by atoms with E-state index in [1.807, 2.05) is 47.3 Å². The molecular formula is C15H21IO2. The summed E-state index contributed by atoms with van der Waals surface area (Å²) in [6, 6.07) is 7.48. The van der Waals surface area contributed by atoms with Gasteiger partial charge in [0.25, 0.3) is 0 Å². The van der Waals surface area contributed by atoms with Crippen molar-refractivity contribution in [1.29, 1.82) is 0 Å². The van der Waals surface area contributed by atoms with Crippen LogP contribution in [0.25, 0.3) is 0 Å². The molecule has 2 nitrogen and oxygen atoms in total. The molecule has 1 aromatic rings.